The molecule has 0 saturated heterocycles. The summed E-state index contributed by atoms with van der Waals surface area (Å²) < 4.78 is 5.13. The molecular weight excluding hydrogens is 284 g/mol. The van der Waals surface area contributed by atoms with Crippen LogP contribution in [0.15, 0.2) is 54.6 Å². The number of esters is 1. The Kier molecular flexibility index (Phi) is 5.21. The number of hydrogen-bond donors (Lipinski definition) is 1. The van der Waals surface area contributed by atoms with Crippen LogP contribution in [0.2, 0.25) is 0 Å². The number of nitro benzene ring substituents is 1. The van der Waals surface area contributed by atoms with E-state index in [1.165, 1.54) is 12.1 Å². The fourth-order valence-corrected chi connectivity index (χ4v) is 1.93. The molecule has 2 rings (SSSR count). The zero-order valence-corrected chi connectivity index (χ0v) is 11.8. The maximum atomic E-state index is 11.8. The average Bonchev–Trinajstić information content (AvgIpc) is 2.53. The predicted octanol–water partition coefficient (Wildman–Crippen LogP) is 2.21. The van der Waals surface area contributed by atoms with Gasteiger partial charge in [-0.1, -0.05) is 30.3 Å². The van der Waals surface area contributed by atoms with E-state index in [1.807, 2.05) is 30.3 Å². The number of nitrogens with zero attached hydrogens (tertiary/aromatic N) is 1. The van der Waals surface area contributed by atoms with Crippen LogP contribution in [0.1, 0.15) is 11.1 Å². The molecule has 0 heterocycles. The van der Waals surface area contributed by atoms with Crippen molar-refractivity contribution < 1.29 is 14.5 Å². The lowest BCUT2D eigenvalue weighted by Gasteiger charge is -2.11. The first-order valence-corrected chi connectivity index (χ1v) is 6.76. The monoisotopic (exact) mass is 300 g/mol. The number of nitro groups is 1. The Morgan fingerprint density at radius 2 is 1.73 bits per heavy atom. The van der Waals surface area contributed by atoms with Gasteiger partial charge in [-0.2, -0.15) is 0 Å². The van der Waals surface area contributed by atoms with E-state index in [9.17, 15) is 14.9 Å². The molecule has 2 aromatic carbocycles. The van der Waals surface area contributed by atoms with E-state index in [1.54, 1.807) is 12.1 Å². The van der Waals surface area contributed by atoms with Crippen LogP contribution < -0.4 is 5.73 Å². The molecule has 1 atom stereocenters. The number of benzene rings is 2. The number of nitrogens with two attached hydrogens (primary N) is 1. The largest absolute Gasteiger partial charge is 0.460 e. The fourth-order valence-electron chi connectivity index (χ4n) is 1.93. The third-order valence-corrected chi connectivity index (χ3v) is 3.13. The zero-order chi connectivity index (χ0) is 15.9. The Hall–Kier alpha value is -2.73. The van der Waals surface area contributed by atoms with Gasteiger partial charge in [-0.05, 0) is 29.7 Å². The summed E-state index contributed by atoms with van der Waals surface area (Å²) in [5.41, 5.74) is 7.44. The quantitative estimate of drug-likeness (QED) is 0.501. The maximum Gasteiger partial charge on any atom is 0.323 e. The molecule has 0 aliphatic heterocycles. The fraction of sp³-hybridized carbons (Fsp3) is 0.188. The normalized spacial score (nSPS) is 11.7. The molecule has 0 saturated carbocycles. The highest BCUT2D eigenvalue weighted by Crippen LogP contribution is 2.13. The summed E-state index contributed by atoms with van der Waals surface area (Å²) in [6, 6.07) is 14.5. The average molecular weight is 300 g/mol. The first-order valence-electron chi connectivity index (χ1n) is 6.76. The van der Waals surface area contributed by atoms with E-state index < -0.39 is 16.9 Å². The maximum absolute atomic E-state index is 11.8. The van der Waals surface area contributed by atoms with Crippen molar-refractivity contribution in [3.8, 4) is 0 Å². The Bertz CT molecular complexity index is 641. The molecule has 6 nitrogen and oxygen atoms in total. The summed E-state index contributed by atoms with van der Waals surface area (Å²) >= 11 is 0. The van der Waals surface area contributed by atoms with E-state index in [4.69, 9.17) is 10.5 Å². The standard InChI is InChI=1S/C16H16N2O4/c17-15(10-12-4-2-1-3-5-12)16(19)22-11-13-6-8-14(9-7-13)18(20)21/h1-9,15H,10-11,17H2/t15-/m0/s1. The van der Waals surface area contributed by atoms with Crippen molar-refractivity contribution in [2.24, 2.45) is 5.73 Å². The molecule has 2 aromatic rings. The second-order valence-corrected chi connectivity index (χ2v) is 4.83. The SMILES string of the molecule is N[C@@H](Cc1ccccc1)C(=O)OCc1ccc([N+](=O)[O-])cc1. The summed E-state index contributed by atoms with van der Waals surface area (Å²) in [7, 11) is 0. The summed E-state index contributed by atoms with van der Waals surface area (Å²) in [5.74, 6) is -0.498. The predicted molar refractivity (Wildman–Crippen MR) is 81.0 cm³/mol. The number of carbonyl (C=O) groups is 1. The van der Waals surface area contributed by atoms with Crippen LogP contribution >= 0.6 is 0 Å². The Morgan fingerprint density at radius 1 is 1.09 bits per heavy atom. The number of non-ortho nitro benzene ring substituents is 1. The van der Waals surface area contributed by atoms with Gasteiger partial charge in [0, 0.05) is 12.1 Å². The summed E-state index contributed by atoms with van der Waals surface area (Å²) in [5, 5.41) is 10.5. The molecule has 114 valence electrons. The minimum atomic E-state index is -0.736. The molecule has 0 bridgehead atoms. The summed E-state index contributed by atoms with van der Waals surface area (Å²) in [6.07, 6.45) is 0.403. The van der Waals surface area contributed by atoms with Gasteiger partial charge in [0.2, 0.25) is 0 Å². The Morgan fingerprint density at radius 3 is 2.32 bits per heavy atom. The molecule has 0 amide bonds. The van der Waals surface area contributed by atoms with Crippen molar-refractivity contribution in [3.63, 3.8) is 0 Å². The van der Waals surface area contributed by atoms with Gasteiger partial charge in [0.15, 0.2) is 0 Å². The number of ether oxygens (including phenoxy) is 1. The van der Waals surface area contributed by atoms with Crippen molar-refractivity contribution in [2.45, 2.75) is 19.1 Å². The Labute approximate surface area is 127 Å². The molecule has 6 heteroatoms. The molecule has 0 spiro atoms. The van der Waals surface area contributed by atoms with Gasteiger partial charge in [0.25, 0.3) is 5.69 Å². The van der Waals surface area contributed by atoms with Crippen molar-refractivity contribution in [2.75, 3.05) is 0 Å². The van der Waals surface area contributed by atoms with Gasteiger partial charge < -0.3 is 10.5 Å². The van der Waals surface area contributed by atoms with Crippen LogP contribution in [0.3, 0.4) is 0 Å². The van der Waals surface area contributed by atoms with Crippen molar-refractivity contribution >= 4 is 11.7 Å². The lowest BCUT2D eigenvalue weighted by Crippen LogP contribution is -2.34. The first kappa shape index (κ1) is 15.7. The van der Waals surface area contributed by atoms with Gasteiger partial charge in [-0.3, -0.25) is 14.9 Å². The molecule has 22 heavy (non-hydrogen) atoms. The first-order chi connectivity index (χ1) is 10.6. The third kappa shape index (κ3) is 4.39. The van der Waals surface area contributed by atoms with Crippen LogP contribution in [-0.4, -0.2) is 16.9 Å². The second-order valence-electron chi connectivity index (χ2n) is 4.83. The molecule has 0 radical (unpaired) electrons. The van der Waals surface area contributed by atoms with Gasteiger partial charge in [-0.25, -0.2) is 0 Å². The highest BCUT2D eigenvalue weighted by molar-refractivity contribution is 5.75. The summed E-state index contributed by atoms with van der Waals surface area (Å²) in [4.78, 5) is 21.9. The van der Waals surface area contributed by atoms with Gasteiger partial charge in [0.05, 0.1) is 4.92 Å². The van der Waals surface area contributed by atoms with E-state index in [-0.39, 0.29) is 12.3 Å². The van der Waals surface area contributed by atoms with Crippen LogP contribution in [0, 0.1) is 10.1 Å². The van der Waals surface area contributed by atoms with Crippen LogP contribution in [-0.2, 0) is 22.6 Å². The molecule has 0 unspecified atom stereocenters. The topological polar surface area (TPSA) is 95.5 Å². The van der Waals surface area contributed by atoms with E-state index in [0.29, 0.717) is 12.0 Å². The van der Waals surface area contributed by atoms with Crippen LogP contribution in [0.5, 0.6) is 0 Å². The van der Waals surface area contributed by atoms with E-state index >= 15 is 0 Å². The van der Waals surface area contributed by atoms with Gasteiger partial charge in [-0.15, -0.1) is 0 Å². The summed E-state index contributed by atoms with van der Waals surface area (Å²) in [6.45, 7) is 0.0410. The lowest BCUT2D eigenvalue weighted by molar-refractivity contribution is -0.384. The molecular formula is C16H16N2O4. The highest BCUT2D eigenvalue weighted by Gasteiger charge is 2.15. The van der Waals surface area contributed by atoms with Crippen molar-refractivity contribution in [1.29, 1.82) is 0 Å². The molecule has 0 aromatic heterocycles. The number of carbonyl (C=O) groups excluding carboxylic acids is 1. The van der Waals surface area contributed by atoms with Gasteiger partial charge in [0.1, 0.15) is 12.6 Å². The smallest absolute Gasteiger partial charge is 0.323 e. The lowest BCUT2D eigenvalue weighted by atomic mass is 10.1. The minimum absolute atomic E-state index is 0.00384. The highest BCUT2D eigenvalue weighted by atomic mass is 16.6. The molecule has 0 fully saturated rings. The molecule has 0 aliphatic carbocycles. The number of hydrogen-bond acceptors (Lipinski definition) is 5. The zero-order valence-electron chi connectivity index (χ0n) is 11.8. The minimum Gasteiger partial charge on any atom is -0.460 e. The Balaban J connectivity index is 1.85. The second kappa shape index (κ2) is 7.33. The van der Waals surface area contributed by atoms with Crippen LogP contribution in [0.4, 0.5) is 5.69 Å². The van der Waals surface area contributed by atoms with Crippen molar-refractivity contribution in [1.82, 2.24) is 0 Å². The van der Waals surface area contributed by atoms with Gasteiger partial charge >= 0.3 is 5.97 Å². The van der Waals surface area contributed by atoms with Crippen molar-refractivity contribution in [3.05, 3.63) is 75.8 Å². The van der Waals surface area contributed by atoms with E-state index in [0.717, 1.165) is 5.56 Å². The third-order valence-electron chi connectivity index (χ3n) is 3.13. The number of rotatable bonds is 6. The van der Waals surface area contributed by atoms with Crippen LogP contribution in [0.25, 0.3) is 0 Å². The molecule has 2 N–H and O–H groups in total. The molecule has 0 aliphatic rings. The van der Waals surface area contributed by atoms with E-state index in [2.05, 4.69) is 0 Å².